The van der Waals surface area contributed by atoms with E-state index >= 15 is 0 Å². The molecular weight excluding hydrogens is 444 g/mol. The molecule has 35 heavy (non-hydrogen) atoms. The highest BCUT2D eigenvalue weighted by Gasteiger charge is 2.71. The Morgan fingerprint density at radius 1 is 1.06 bits per heavy atom. The van der Waals surface area contributed by atoms with Crippen molar-refractivity contribution >= 4 is 5.97 Å². The molecule has 0 aromatic carbocycles. The average Bonchev–Trinajstić information content (AvgIpc) is 2.78. The topological polar surface area (TPSA) is 118 Å². The molecule has 198 valence electrons. The minimum absolute atomic E-state index is 0.0299. The van der Waals surface area contributed by atoms with E-state index in [1.165, 1.54) is 0 Å². The molecule has 0 aliphatic heterocycles. The second kappa shape index (κ2) is 7.78. The summed E-state index contributed by atoms with van der Waals surface area (Å²) >= 11 is 0. The first-order valence-corrected chi connectivity index (χ1v) is 13.8. The Balaban J connectivity index is 1.63. The van der Waals surface area contributed by atoms with Crippen molar-refractivity contribution in [2.24, 2.45) is 51.2 Å². The maximum absolute atomic E-state index is 12.8. The van der Waals surface area contributed by atoms with Crippen LogP contribution in [0.2, 0.25) is 0 Å². The Kier molecular flexibility index (Phi) is 5.71. The third kappa shape index (κ3) is 3.00. The number of aliphatic hydroxyl groups excluding tert-OH is 3. The van der Waals surface area contributed by atoms with Crippen molar-refractivity contribution in [3.05, 3.63) is 11.6 Å². The predicted molar refractivity (Wildman–Crippen MR) is 132 cm³/mol. The maximum atomic E-state index is 12.8. The van der Waals surface area contributed by atoms with Gasteiger partial charge in [-0.05, 0) is 92.3 Å². The van der Waals surface area contributed by atoms with Crippen LogP contribution in [0.5, 0.6) is 0 Å². The summed E-state index contributed by atoms with van der Waals surface area (Å²) in [6, 6.07) is 0. The summed E-state index contributed by atoms with van der Waals surface area (Å²) in [4.78, 5) is 12.8. The van der Waals surface area contributed by atoms with E-state index in [2.05, 4.69) is 33.8 Å². The van der Waals surface area contributed by atoms with Crippen molar-refractivity contribution in [1.82, 2.24) is 0 Å². The summed E-state index contributed by atoms with van der Waals surface area (Å²) in [6.07, 6.45) is 6.36. The van der Waals surface area contributed by atoms with Gasteiger partial charge < -0.3 is 25.5 Å². The number of rotatable bonds is 2. The summed E-state index contributed by atoms with van der Waals surface area (Å²) in [5.74, 6) is -1.07. The summed E-state index contributed by atoms with van der Waals surface area (Å²) in [7, 11) is 0. The average molecular weight is 491 g/mol. The molecule has 5 aliphatic carbocycles. The van der Waals surface area contributed by atoms with E-state index in [1.807, 2.05) is 6.92 Å². The standard InChI is InChI=1S/C29H46O6/c1-16-8-11-29(24(33)34)13-12-26(3)19(23(29)28(16,5)35)6-7-21-25(2)14-20(31)22(32)17(15-30)18(25)9-10-27(21,26)4/h6,16-18,20-23,30-32,35H,7-15H2,1-5H3,(H,33,34)/t16-,17?,18?,20+,21-,22-,23-,25+,26-,27-,28-,29+/m1/s1. The number of allylic oxidation sites excluding steroid dienone is 1. The first-order chi connectivity index (χ1) is 16.2. The molecule has 0 bridgehead atoms. The van der Waals surface area contributed by atoms with Crippen LogP contribution in [0.15, 0.2) is 11.6 Å². The third-order valence-electron chi connectivity index (χ3n) is 13.0. The van der Waals surface area contributed by atoms with Crippen LogP contribution < -0.4 is 0 Å². The van der Waals surface area contributed by atoms with Gasteiger partial charge in [-0.3, -0.25) is 4.79 Å². The highest BCUT2D eigenvalue weighted by atomic mass is 16.4. The van der Waals surface area contributed by atoms with Crippen LogP contribution in [0.25, 0.3) is 0 Å². The van der Waals surface area contributed by atoms with Crippen molar-refractivity contribution in [2.45, 2.75) is 104 Å². The fourth-order valence-corrected chi connectivity index (χ4v) is 10.6. The van der Waals surface area contributed by atoms with Crippen molar-refractivity contribution in [2.75, 3.05) is 6.61 Å². The molecule has 0 aromatic rings. The SMILES string of the molecule is C[C@@H]1CC[C@]2(C(=O)O)CC[C@]3(C)C(=CC[C@@H]4[C@@]5(C)C[C@H](O)[C@H](O)C(CO)C5CC[C@]43C)[C@@H]2[C@]1(C)O. The normalized spacial score (nSPS) is 57.7. The first kappa shape index (κ1) is 25.7. The molecule has 5 aliphatic rings. The van der Waals surface area contributed by atoms with Crippen LogP contribution >= 0.6 is 0 Å². The molecule has 4 fully saturated rings. The summed E-state index contributed by atoms with van der Waals surface area (Å²) in [5, 5.41) is 54.0. The molecule has 0 aromatic heterocycles. The molecular formula is C29H46O6. The molecule has 0 saturated heterocycles. The zero-order valence-electron chi connectivity index (χ0n) is 22.1. The molecule has 0 radical (unpaired) electrons. The van der Waals surface area contributed by atoms with Gasteiger partial charge in [0, 0.05) is 18.4 Å². The summed E-state index contributed by atoms with van der Waals surface area (Å²) < 4.78 is 0. The molecule has 0 amide bonds. The molecule has 2 unspecified atom stereocenters. The molecule has 0 heterocycles. The van der Waals surface area contributed by atoms with Crippen molar-refractivity contribution < 1.29 is 30.3 Å². The lowest BCUT2D eigenvalue weighted by atomic mass is 9.33. The quantitative estimate of drug-likeness (QED) is 0.376. The van der Waals surface area contributed by atoms with E-state index < -0.39 is 35.1 Å². The van der Waals surface area contributed by atoms with Gasteiger partial charge >= 0.3 is 5.97 Å². The van der Waals surface area contributed by atoms with Gasteiger partial charge in [0.15, 0.2) is 0 Å². The molecule has 12 atom stereocenters. The number of carboxylic acid groups (broad SMARTS) is 1. The van der Waals surface area contributed by atoms with E-state index in [1.54, 1.807) is 0 Å². The van der Waals surface area contributed by atoms with Gasteiger partial charge in [-0.15, -0.1) is 0 Å². The van der Waals surface area contributed by atoms with Crippen LogP contribution in [0.3, 0.4) is 0 Å². The molecule has 6 heteroatoms. The Morgan fingerprint density at radius 2 is 1.74 bits per heavy atom. The van der Waals surface area contributed by atoms with Crippen LogP contribution in [-0.2, 0) is 4.79 Å². The van der Waals surface area contributed by atoms with Gasteiger partial charge in [-0.2, -0.15) is 0 Å². The Labute approximate surface area is 209 Å². The number of hydrogen-bond acceptors (Lipinski definition) is 5. The summed E-state index contributed by atoms with van der Waals surface area (Å²) in [5.41, 5.74) is -1.44. The molecule has 6 nitrogen and oxygen atoms in total. The molecule has 5 N–H and O–H groups in total. The van der Waals surface area contributed by atoms with Crippen LogP contribution in [0.1, 0.15) is 86.0 Å². The zero-order valence-corrected chi connectivity index (χ0v) is 22.1. The fourth-order valence-electron chi connectivity index (χ4n) is 10.6. The highest BCUT2D eigenvalue weighted by molar-refractivity contribution is 5.77. The lowest BCUT2D eigenvalue weighted by Crippen LogP contribution is -2.68. The predicted octanol–water partition coefficient (Wildman–Crippen LogP) is 3.76. The smallest absolute Gasteiger partial charge is 0.310 e. The molecule has 4 saturated carbocycles. The second-order valence-corrected chi connectivity index (χ2v) is 14.0. The number of fused-ring (bicyclic) bond motifs is 7. The number of hydrogen-bond donors (Lipinski definition) is 5. The van der Waals surface area contributed by atoms with Crippen LogP contribution in [0.4, 0.5) is 0 Å². The van der Waals surface area contributed by atoms with Gasteiger partial charge in [0.2, 0.25) is 0 Å². The number of carboxylic acids is 1. The summed E-state index contributed by atoms with van der Waals surface area (Å²) in [6.45, 7) is 10.7. The van der Waals surface area contributed by atoms with Gasteiger partial charge in [0.1, 0.15) is 0 Å². The van der Waals surface area contributed by atoms with Crippen LogP contribution in [-0.4, -0.2) is 55.9 Å². The van der Waals surface area contributed by atoms with Crippen molar-refractivity contribution in [1.29, 1.82) is 0 Å². The number of aliphatic hydroxyl groups is 4. The Hall–Kier alpha value is -0.950. The molecule has 5 rings (SSSR count). The van der Waals surface area contributed by atoms with Gasteiger partial charge in [-0.25, -0.2) is 0 Å². The van der Waals surface area contributed by atoms with E-state index in [-0.39, 0.29) is 46.5 Å². The second-order valence-electron chi connectivity index (χ2n) is 14.0. The highest BCUT2D eigenvalue weighted by Crippen LogP contribution is 2.75. The largest absolute Gasteiger partial charge is 0.481 e. The van der Waals surface area contributed by atoms with Crippen LogP contribution in [0, 0.1) is 51.2 Å². The number of carbonyl (C=O) groups is 1. The van der Waals surface area contributed by atoms with E-state index in [0.717, 1.165) is 37.7 Å². The lowest BCUT2D eigenvalue weighted by Gasteiger charge is -2.71. The van der Waals surface area contributed by atoms with Crippen molar-refractivity contribution in [3.63, 3.8) is 0 Å². The maximum Gasteiger partial charge on any atom is 0.310 e. The minimum Gasteiger partial charge on any atom is -0.481 e. The monoisotopic (exact) mass is 490 g/mol. The zero-order chi connectivity index (χ0) is 25.8. The van der Waals surface area contributed by atoms with Gasteiger partial charge in [-0.1, -0.05) is 39.3 Å². The van der Waals surface area contributed by atoms with E-state index in [0.29, 0.717) is 19.3 Å². The minimum atomic E-state index is -1.08. The third-order valence-corrected chi connectivity index (χ3v) is 13.0. The van der Waals surface area contributed by atoms with E-state index in [9.17, 15) is 30.3 Å². The fraction of sp³-hybridized carbons (Fsp3) is 0.897. The Bertz CT molecular complexity index is 928. The lowest BCUT2D eigenvalue weighted by molar-refractivity contribution is -0.223. The van der Waals surface area contributed by atoms with Crippen molar-refractivity contribution in [3.8, 4) is 0 Å². The molecule has 0 spiro atoms. The number of aliphatic carboxylic acids is 1. The van der Waals surface area contributed by atoms with E-state index in [4.69, 9.17) is 0 Å². The first-order valence-electron chi connectivity index (χ1n) is 13.8. The Morgan fingerprint density at radius 3 is 2.37 bits per heavy atom. The van der Waals surface area contributed by atoms with Gasteiger partial charge in [0.05, 0.1) is 23.2 Å². The van der Waals surface area contributed by atoms with Gasteiger partial charge in [0.25, 0.3) is 0 Å².